The minimum atomic E-state index is -5.13. The molecule has 3 N–H and O–H groups in total. The van der Waals surface area contributed by atoms with E-state index in [1.54, 1.807) is 0 Å². The molecular formula is C2H7NaO8P2. The Morgan fingerprint density at radius 1 is 1.23 bits per heavy atom. The van der Waals surface area contributed by atoms with Gasteiger partial charge in [-0.25, -0.2) is 9.13 Å². The molecule has 0 rings (SSSR count). The van der Waals surface area contributed by atoms with Crippen molar-refractivity contribution in [3.63, 3.8) is 0 Å². The number of hydrogen-bond acceptors (Lipinski definition) is 5. The van der Waals surface area contributed by atoms with Crippen LogP contribution in [0.4, 0.5) is 0 Å². The quantitative estimate of drug-likeness (QED) is 0.430. The molecule has 0 radical (unpaired) electrons. The van der Waals surface area contributed by atoms with Crippen LogP contribution in [0.1, 0.15) is 6.92 Å². The Labute approximate surface area is 95.4 Å². The second kappa shape index (κ2) is 5.60. The number of hydrogen-bond donors (Lipinski definition) is 3. The molecule has 11 heteroatoms. The summed E-state index contributed by atoms with van der Waals surface area (Å²) in [5.74, 6) is -1.19. The van der Waals surface area contributed by atoms with E-state index in [4.69, 9.17) is 14.7 Å². The average Bonchev–Trinajstić information content (AvgIpc) is 1.48. The zero-order valence-electron chi connectivity index (χ0n) is 5.78. The molecule has 0 aliphatic rings. The molecule has 0 aliphatic carbocycles. The number of phosphoric ester groups is 1. The van der Waals surface area contributed by atoms with Gasteiger partial charge in [0.25, 0.3) is 0 Å². The van der Waals surface area contributed by atoms with Crippen LogP contribution in [-0.2, 0) is 22.8 Å². The molecule has 1 atom stereocenters. The zero-order chi connectivity index (χ0) is 9.99. The summed E-state index contributed by atoms with van der Waals surface area (Å²) in [5, 5.41) is 0. The molecule has 0 amide bonds. The summed E-state index contributed by atoms with van der Waals surface area (Å²) in [4.78, 5) is 34.5. The van der Waals surface area contributed by atoms with Gasteiger partial charge in [0.15, 0.2) is 0 Å². The summed E-state index contributed by atoms with van der Waals surface area (Å²) < 4.78 is 27.3. The van der Waals surface area contributed by atoms with Crippen LogP contribution in [-0.4, -0.2) is 50.2 Å². The summed E-state index contributed by atoms with van der Waals surface area (Å²) in [5.41, 5.74) is 0. The van der Waals surface area contributed by atoms with E-state index >= 15 is 0 Å². The Kier molecular flexibility index (Phi) is 6.99. The van der Waals surface area contributed by atoms with E-state index < -0.39 is 21.6 Å². The first-order chi connectivity index (χ1) is 5.12. The van der Waals surface area contributed by atoms with Crippen molar-refractivity contribution in [2.45, 2.75) is 6.92 Å². The predicted octanol–water partition coefficient (Wildman–Crippen LogP) is -0.889. The summed E-state index contributed by atoms with van der Waals surface area (Å²) in [6, 6.07) is 0. The summed E-state index contributed by atoms with van der Waals surface area (Å²) in [7, 11) is -10.1. The van der Waals surface area contributed by atoms with Crippen LogP contribution < -0.4 is 0 Å². The monoisotopic (exact) mass is 244 g/mol. The van der Waals surface area contributed by atoms with Crippen LogP contribution in [0, 0.1) is 0 Å². The standard InChI is InChI=1S/C2H6O8P2.Na.H/c1-2(3)9-12(7,8)10-11(4,5)6;;/h1H3,(H,7,8)(H2,4,5,6);;. The van der Waals surface area contributed by atoms with Gasteiger partial charge in [-0.2, -0.15) is 4.31 Å². The molecule has 8 nitrogen and oxygen atoms in total. The molecule has 0 aromatic rings. The molecule has 13 heavy (non-hydrogen) atoms. The van der Waals surface area contributed by atoms with Gasteiger partial charge < -0.3 is 14.3 Å². The van der Waals surface area contributed by atoms with Gasteiger partial charge in [0.1, 0.15) is 0 Å². The second-order valence-electron chi connectivity index (χ2n) is 1.62. The molecule has 0 fully saturated rings. The van der Waals surface area contributed by atoms with Crippen LogP contribution >= 0.6 is 15.6 Å². The van der Waals surface area contributed by atoms with Gasteiger partial charge in [-0.1, -0.05) is 0 Å². The zero-order valence-corrected chi connectivity index (χ0v) is 7.57. The molecule has 0 saturated carbocycles. The van der Waals surface area contributed by atoms with Gasteiger partial charge in [-0.05, 0) is 0 Å². The van der Waals surface area contributed by atoms with Gasteiger partial charge in [0.2, 0.25) is 0 Å². The third-order valence-electron chi connectivity index (χ3n) is 0.453. The minimum absolute atomic E-state index is 0. The number of phosphoric acid groups is 2. The fourth-order valence-corrected chi connectivity index (χ4v) is 1.85. The molecule has 0 aromatic carbocycles. The first-order valence-corrected chi connectivity index (χ1v) is 5.45. The molecule has 0 saturated heterocycles. The molecule has 0 aromatic heterocycles. The van der Waals surface area contributed by atoms with Crippen LogP contribution in [0.15, 0.2) is 0 Å². The van der Waals surface area contributed by atoms with Crippen molar-refractivity contribution in [3.8, 4) is 0 Å². The van der Waals surface area contributed by atoms with Crippen molar-refractivity contribution < 1.29 is 37.4 Å². The summed E-state index contributed by atoms with van der Waals surface area (Å²) in [6.07, 6.45) is 0. The van der Waals surface area contributed by atoms with E-state index in [-0.39, 0.29) is 29.6 Å². The predicted molar refractivity (Wildman–Crippen MR) is 41.9 cm³/mol. The van der Waals surface area contributed by atoms with Gasteiger partial charge in [0.05, 0.1) is 0 Å². The van der Waals surface area contributed by atoms with Crippen LogP contribution in [0.5, 0.6) is 0 Å². The number of carbonyl (C=O) groups is 1. The Hall–Kier alpha value is 0.770. The van der Waals surface area contributed by atoms with E-state index in [1.165, 1.54) is 0 Å². The SMILES string of the molecule is CC(=O)OP(=O)(O)OP(=O)(O)O.[NaH]. The van der Waals surface area contributed by atoms with Crippen molar-refractivity contribution in [1.29, 1.82) is 0 Å². The van der Waals surface area contributed by atoms with Crippen LogP contribution in [0.25, 0.3) is 0 Å². The summed E-state index contributed by atoms with van der Waals surface area (Å²) >= 11 is 0. The van der Waals surface area contributed by atoms with Crippen LogP contribution in [0.3, 0.4) is 0 Å². The first kappa shape index (κ1) is 16.2. The maximum atomic E-state index is 10.4. The van der Waals surface area contributed by atoms with Gasteiger partial charge >= 0.3 is 51.2 Å². The Morgan fingerprint density at radius 3 is 1.85 bits per heavy atom. The van der Waals surface area contributed by atoms with Crippen molar-refractivity contribution in [2.75, 3.05) is 0 Å². The molecule has 0 spiro atoms. The fourth-order valence-electron chi connectivity index (χ4n) is 0.314. The van der Waals surface area contributed by atoms with E-state index in [1.807, 2.05) is 0 Å². The van der Waals surface area contributed by atoms with Gasteiger partial charge in [-0.3, -0.25) is 9.69 Å². The maximum absolute atomic E-state index is 10.4. The number of carbonyl (C=O) groups excluding carboxylic acids is 1. The molecular weight excluding hydrogens is 237 g/mol. The van der Waals surface area contributed by atoms with E-state index in [9.17, 15) is 13.9 Å². The molecule has 1 unspecified atom stereocenters. The van der Waals surface area contributed by atoms with E-state index in [0.29, 0.717) is 0 Å². The topological polar surface area (TPSA) is 130 Å². The van der Waals surface area contributed by atoms with E-state index in [2.05, 4.69) is 8.83 Å². The van der Waals surface area contributed by atoms with Gasteiger partial charge in [0, 0.05) is 6.92 Å². The first-order valence-electron chi connectivity index (χ1n) is 2.42. The average molecular weight is 244 g/mol. The molecule has 0 heterocycles. The molecule has 74 valence electrons. The summed E-state index contributed by atoms with van der Waals surface area (Å²) in [6.45, 7) is 0.784. The second-order valence-corrected chi connectivity index (χ2v) is 4.38. The Balaban J connectivity index is 0. The van der Waals surface area contributed by atoms with Crippen LogP contribution in [0.2, 0.25) is 0 Å². The Morgan fingerprint density at radius 2 is 1.62 bits per heavy atom. The van der Waals surface area contributed by atoms with Crippen molar-refractivity contribution >= 4 is 51.2 Å². The van der Waals surface area contributed by atoms with Crippen molar-refractivity contribution in [1.82, 2.24) is 0 Å². The Bertz CT molecular complexity index is 267. The van der Waals surface area contributed by atoms with Crippen molar-refractivity contribution in [2.24, 2.45) is 0 Å². The van der Waals surface area contributed by atoms with E-state index in [0.717, 1.165) is 6.92 Å². The third-order valence-corrected chi connectivity index (χ3v) is 2.62. The van der Waals surface area contributed by atoms with Gasteiger partial charge in [-0.15, -0.1) is 0 Å². The van der Waals surface area contributed by atoms with Crippen molar-refractivity contribution in [3.05, 3.63) is 0 Å². The normalized spacial score (nSPS) is 15.4. The molecule has 0 bridgehead atoms. The molecule has 0 aliphatic heterocycles. The number of rotatable bonds is 3. The fraction of sp³-hybridized carbons (Fsp3) is 0.500. The third kappa shape index (κ3) is 10.7.